The van der Waals surface area contributed by atoms with Gasteiger partial charge in [0.25, 0.3) is 0 Å². The van der Waals surface area contributed by atoms with Crippen molar-refractivity contribution < 1.29 is 9.63 Å². The second-order valence-corrected chi connectivity index (χ2v) is 6.73. The lowest BCUT2D eigenvalue weighted by atomic mass is 9.89. The highest BCUT2D eigenvalue weighted by molar-refractivity contribution is 6.38. The molecule has 0 bridgehead atoms. The summed E-state index contributed by atoms with van der Waals surface area (Å²) in [4.78, 5) is 17.4. The Bertz CT molecular complexity index is 868. The Morgan fingerprint density at radius 2 is 1.37 bits per heavy atom. The number of benzene rings is 3. The molecule has 3 rings (SSSR count). The minimum atomic E-state index is -0.438. The van der Waals surface area contributed by atoms with E-state index in [4.69, 9.17) is 28.0 Å². The van der Waals surface area contributed by atoms with Crippen LogP contribution in [-0.2, 0) is 9.63 Å². The van der Waals surface area contributed by atoms with Crippen LogP contribution in [-0.4, -0.2) is 12.2 Å². The van der Waals surface area contributed by atoms with Gasteiger partial charge in [0.15, 0.2) is 0 Å². The standard InChI is InChI=1S/C22H17Cl2NO2/c23-20-12-7-13-21(24)19(20)15-25-27-22(26)14-18(16-8-3-1-4-9-16)17-10-5-2-6-11-17/h1-13,15,18H,14H2/b25-15+. The lowest BCUT2D eigenvalue weighted by Gasteiger charge is -2.16. The third-order valence-corrected chi connectivity index (χ3v) is 4.77. The molecule has 3 nitrogen and oxygen atoms in total. The van der Waals surface area contributed by atoms with Gasteiger partial charge < -0.3 is 4.84 Å². The van der Waals surface area contributed by atoms with Gasteiger partial charge in [-0.2, -0.15) is 0 Å². The number of rotatable bonds is 6. The molecular weight excluding hydrogens is 381 g/mol. The molecular formula is C22H17Cl2NO2. The molecule has 0 aromatic heterocycles. The average molecular weight is 398 g/mol. The summed E-state index contributed by atoms with van der Waals surface area (Å²) in [5.41, 5.74) is 2.59. The van der Waals surface area contributed by atoms with Crippen molar-refractivity contribution in [3.63, 3.8) is 0 Å². The van der Waals surface area contributed by atoms with Crippen LogP contribution in [0.25, 0.3) is 0 Å². The van der Waals surface area contributed by atoms with Gasteiger partial charge in [-0.05, 0) is 23.3 Å². The highest BCUT2D eigenvalue weighted by Crippen LogP contribution is 2.28. The highest BCUT2D eigenvalue weighted by atomic mass is 35.5. The molecule has 3 aromatic rings. The number of carbonyl (C=O) groups is 1. The van der Waals surface area contributed by atoms with Crippen molar-refractivity contribution in [2.75, 3.05) is 0 Å². The SMILES string of the molecule is O=C(CC(c1ccccc1)c1ccccc1)O/N=C/c1c(Cl)cccc1Cl. The van der Waals surface area contributed by atoms with Crippen LogP contribution in [0.4, 0.5) is 0 Å². The molecule has 0 atom stereocenters. The number of hydrogen-bond acceptors (Lipinski definition) is 3. The summed E-state index contributed by atoms with van der Waals surface area (Å²) in [6, 6.07) is 24.8. The van der Waals surface area contributed by atoms with E-state index in [1.807, 2.05) is 60.7 Å². The van der Waals surface area contributed by atoms with E-state index in [-0.39, 0.29) is 12.3 Å². The van der Waals surface area contributed by atoms with Crippen molar-refractivity contribution in [3.8, 4) is 0 Å². The van der Waals surface area contributed by atoms with Crippen molar-refractivity contribution in [1.82, 2.24) is 0 Å². The number of hydrogen-bond donors (Lipinski definition) is 0. The Kier molecular flexibility index (Phi) is 6.64. The molecule has 27 heavy (non-hydrogen) atoms. The second kappa shape index (κ2) is 9.36. The fraction of sp³-hybridized carbons (Fsp3) is 0.0909. The molecule has 0 aliphatic carbocycles. The molecule has 0 N–H and O–H groups in total. The van der Waals surface area contributed by atoms with Crippen molar-refractivity contribution in [2.24, 2.45) is 5.16 Å². The summed E-state index contributed by atoms with van der Waals surface area (Å²) in [6.45, 7) is 0. The zero-order valence-corrected chi connectivity index (χ0v) is 15.9. The van der Waals surface area contributed by atoms with Gasteiger partial charge in [-0.25, -0.2) is 4.79 Å². The van der Waals surface area contributed by atoms with Gasteiger partial charge in [-0.15, -0.1) is 0 Å². The first-order valence-corrected chi connectivity index (χ1v) is 9.18. The van der Waals surface area contributed by atoms with Crippen LogP contribution in [0.2, 0.25) is 10.0 Å². The van der Waals surface area contributed by atoms with Crippen LogP contribution in [0.3, 0.4) is 0 Å². The van der Waals surface area contributed by atoms with Crippen LogP contribution < -0.4 is 0 Å². The average Bonchev–Trinajstić information content (AvgIpc) is 2.70. The maximum Gasteiger partial charge on any atom is 0.335 e. The summed E-state index contributed by atoms with van der Waals surface area (Å²) in [6.07, 6.45) is 1.52. The van der Waals surface area contributed by atoms with Crippen LogP contribution in [0.5, 0.6) is 0 Å². The predicted octanol–water partition coefficient (Wildman–Crippen LogP) is 6.09. The third-order valence-electron chi connectivity index (χ3n) is 4.11. The van der Waals surface area contributed by atoms with Gasteiger partial charge >= 0.3 is 5.97 Å². The lowest BCUT2D eigenvalue weighted by Crippen LogP contribution is -2.10. The molecule has 3 aromatic carbocycles. The molecule has 0 unspecified atom stereocenters. The Morgan fingerprint density at radius 3 is 1.89 bits per heavy atom. The Balaban J connectivity index is 1.73. The summed E-state index contributed by atoms with van der Waals surface area (Å²) in [5, 5.41) is 4.64. The van der Waals surface area contributed by atoms with Crippen LogP contribution in [0.15, 0.2) is 84.0 Å². The quantitative estimate of drug-likeness (QED) is 0.286. The van der Waals surface area contributed by atoms with E-state index in [2.05, 4.69) is 5.16 Å². The zero-order valence-electron chi connectivity index (χ0n) is 14.4. The van der Waals surface area contributed by atoms with Crippen molar-refractivity contribution in [2.45, 2.75) is 12.3 Å². The van der Waals surface area contributed by atoms with E-state index in [0.717, 1.165) is 11.1 Å². The molecule has 0 saturated carbocycles. The predicted molar refractivity (Wildman–Crippen MR) is 109 cm³/mol. The van der Waals surface area contributed by atoms with Crippen molar-refractivity contribution >= 4 is 35.4 Å². The number of halogens is 2. The number of carbonyl (C=O) groups excluding carboxylic acids is 1. The van der Waals surface area contributed by atoms with Crippen LogP contribution in [0.1, 0.15) is 29.0 Å². The molecule has 0 fully saturated rings. The zero-order chi connectivity index (χ0) is 19.1. The van der Waals surface area contributed by atoms with E-state index in [1.54, 1.807) is 18.2 Å². The monoisotopic (exact) mass is 397 g/mol. The van der Waals surface area contributed by atoms with Crippen LogP contribution in [0, 0.1) is 0 Å². The van der Waals surface area contributed by atoms with E-state index < -0.39 is 5.97 Å². The molecule has 5 heteroatoms. The molecule has 0 saturated heterocycles. The minimum Gasteiger partial charge on any atom is -0.318 e. The summed E-state index contributed by atoms with van der Waals surface area (Å²) < 4.78 is 0. The van der Waals surface area contributed by atoms with Gasteiger partial charge in [0.2, 0.25) is 0 Å². The maximum atomic E-state index is 12.4. The fourth-order valence-corrected chi connectivity index (χ4v) is 3.27. The third kappa shape index (κ3) is 5.19. The van der Waals surface area contributed by atoms with Gasteiger partial charge in [0.05, 0.1) is 22.7 Å². The summed E-state index contributed by atoms with van der Waals surface area (Å²) in [5.74, 6) is -0.550. The van der Waals surface area contributed by atoms with Gasteiger partial charge in [-0.1, -0.05) is 95.1 Å². The normalized spacial score (nSPS) is 11.1. The molecule has 0 aliphatic rings. The second-order valence-electron chi connectivity index (χ2n) is 5.91. The highest BCUT2D eigenvalue weighted by Gasteiger charge is 2.19. The van der Waals surface area contributed by atoms with Gasteiger partial charge in [0.1, 0.15) is 0 Å². The van der Waals surface area contributed by atoms with Crippen LogP contribution >= 0.6 is 23.2 Å². The molecule has 0 spiro atoms. The fourth-order valence-electron chi connectivity index (χ4n) is 2.77. The first-order chi connectivity index (χ1) is 13.1. The van der Waals surface area contributed by atoms with Crippen molar-refractivity contribution in [1.29, 1.82) is 0 Å². The molecule has 0 amide bonds. The van der Waals surface area contributed by atoms with Gasteiger partial charge in [-0.3, -0.25) is 0 Å². The van der Waals surface area contributed by atoms with Gasteiger partial charge in [0, 0.05) is 11.5 Å². The number of nitrogens with zero attached hydrogens (tertiary/aromatic N) is 1. The van der Waals surface area contributed by atoms with E-state index in [1.165, 1.54) is 6.21 Å². The largest absolute Gasteiger partial charge is 0.335 e. The van der Waals surface area contributed by atoms with Crippen molar-refractivity contribution in [3.05, 3.63) is 106 Å². The Morgan fingerprint density at radius 1 is 0.852 bits per heavy atom. The first-order valence-electron chi connectivity index (χ1n) is 8.42. The Labute approximate surface area is 168 Å². The molecule has 0 heterocycles. The number of oxime groups is 1. The van der Waals surface area contributed by atoms with E-state index in [0.29, 0.717) is 15.6 Å². The maximum absolute atomic E-state index is 12.4. The lowest BCUT2D eigenvalue weighted by molar-refractivity contribution is -0.143. The molecule has 0 radical (unpaired) electrons. The topological polar surface area (TPSA) is 38.7 Å². The summed E-state index contributed by atoms with van der Waals surface area (Å²) >= 11 is 12.1. The van der Waals surface area contributed by atoms with E-state index in [9.17, 15) is 4.79 Å². The first kappa shape index (κ1) is 19.2. The Hall–Kier alpha value is -2.62. The molecule has 0 aliphatic heterocycles. The minimum absolute atomic E-state index is 0.112. The smallest absolute Gasteiger partial charge is 0.318 e. The van der Waals surface area contributed by atoms with E-state index >= 15 is 0 Å². The molecule has 136 valence electrons. The summed E-state index contributed by atoms with van der Waals surface area (Å²) in [7, 11) is 0.